The van der Waals surface area contributed by atoms with Crippen LogP contribution in [-0.4, -0.2) is 26.7 Å². The molecule has 5 heteroatoms. The molecule has 0 aliphatic heterocycles. The highest BCUT2D eigenvalue weighted by molar-refractivity contribution is 5.97. The summed E-state index contributed by atoms with van der Waals surface area (Å²) in [4.78, 5) is 17.0. The minimum absolute atomic E-state index is 0.0253. The summed E-state index contributed by atoms with van der Waals surface area (Å²) in [7, 11) is 0. The number of nitrogens with one attached hydrogen (secondary N) is 1. The minimum atomic E-state index is -0.0253. The highest BCUT2D eigenvalue weighted by Crippen LogP contribution is 2.29. The van der Waals surface area contributed by atoms with Crippen molar-refractivity contribution in [1.82, 2.24) is 20.1 Å². The number of amides is 1. The normalized spacial score (nSPS) is 25.0. The second kappa shape index (κ2) is 6.30. The number of pyridine rings is 1. The van der Waals surface area contributed by atoms with Crippen molar-refractivity contribution in [3.63, 3.8) is 0 Å². The molecule has 1 fully saturated rings. The first kappa shape index (κ1) is 16.0. The van der Waals surface area contributed by atoms with Gasteiger partial charge in [-0.2, -0.15) is 5.10 Å². The number of rotatable bonds is 3. The Hall–Kier alpha value is -1.91. The molecule has 1 saturated carbocycles. The third-order valence-electron chi connectivity index (χ3n) is 5.21. The monoisotopic (exact) mass is 314 g/mol. The molecule has 3 rings (SSSR count). The molecule has 2 aromatic heterocycles. The van der Waals surface area contributed by atoms with Crippen molar-refractivity contribution >= 4 is 16.9 Å². The van der Waals surface area contributed by atoms with Crippen molar-refractivity contribution in [3.8, 4) is 0 Å². The minimum Gasteiger partial charge on any atom is -0.349 e. The third kappa shape index (κ3) is 3.09. The molecule has 0 saturated heterocycles. The van der Waals surface area contributed by atoms with Gasteiger partial charge in [-0.05, 0) is 38.2 Å². The van der Waals surface area contributed by atoms with Crippen LogP contribution in [0.1, 0.15) is 63.4 Å². The maximum absolute atomic E-state index is 12.6. The molecule has 0 aromatic carbocycles. The molecular formula is C18H26N4O. The smallest absolute Gasteiger partial charge is 0.253 e. The van der Waals surface area contributed by atoms with Crippen LogP contribution in [-0.2, 0) is 0 Å². The molecule has 0 radical (unpaired) electrons. The Morgan fingerprint density at radius 1 is 1.30 bits per heavy atom. The van der Waals surface area contributed by atoms with Crippen molar-refractivity contribution in [2.75, 3.05) is 0 Å². The number of hydrogen-bond donors (Lipinski definition) is 1. The summed E-state index contributed by atoms with van der Waals surface area (Å²) in [6.07, 6.45) is 6.96. The van der Waals surface area contributed by atoms with Gasteiger partial charge >= 0.3 is 0 Å². The number of carbonyl (C=O) groups excluding carboxylic acids is 1. The fraction of sp³-hybridized carbons (Fsp3) is 0.611. The second-order valence-electron chi connectivity index (χ2n) is 7.17. The number of carbonyl (C=O) groups is 1. The van der Waals surface area contributed by atoms with E-state index in [4.69, 9.17) is 0 Å². The zero-order valence-electron chi connectivity index (χ0n) is 14.4. The summed E-state index contributed by atoms with van der Waals surface area (Å²) >= 11 is 0. The van der Waals surface area contributed by atoms with Crippen molar-refractivity contribution in [2.45, 2.75) is 59.0 Å². The number of aromatic nitrogens is 3. The van der Waals surface area contributed by atoms with Crippen molar-refractivity contribution in [1.29, 1.82) is 0 Å². The third-order valence-corrected chi connectivity index (χ3v) is 5.21. The Kier molecular flexibility index (Phi) is 4.37. The molecule has 5 nitrogen and oxygen atoms in total. The van der Waals surface area contributed by atoms with Gasteiger partial charge in [0.2, 0.25) is 0 Å². The van der Waals surface area contributed by atoms with Gasteiger partial charge in [-0.3, -0.25) is 4.79 Å². The van der Waals surface area contributed by atoms with E-state index in [9.17, 15) is 4.79 Å². The lowest BCUT2D eigenvalue weighted by Gasteiger charge is -2.34. The molecule has 3 atom stereocenters. The molecule has 1 aliphatic carbocycles. The Morgan fingerprint density at radius 2 is 2.09 bits per heavy atom. The average Bonchev–Trinajstić information content (AvgIpc) is 2.95. The van der Waals surface area contributed by atoms with Crippen molar-refractivity contribution in [2.24, 2.45) is 11.8 Å². The van der Waals surface area contributed by atoms with Gasteiger partial charge in [0.25, 0.3) is 5.91 Å². The van der Waals surface area contributed by atoms with Crippen molar-refractivity contribution in [3.05, 3.63) is 24.0 Å². The summed E-state index contributed by atoms with van der Waals surface area (Å²) in [5, 5.41) is 8.47. The van der Waals surface area contributed by atoms with E-state index in [1.807, 2.05) is 10.7 Å². The molecule has 23 heavy (non-hydrogen) atoms. The number of hydrogen-bond acceptors (Lipinski definition) is 3. The predicted molar refractivity (Wildman–Crippen MR) is 91.3 cm³/mol. The molecule has 1 aliphatic rings. The quantitative estimate of drug-likeness (QED) is 0.942. The van der Waals surface area contributed by atoms with E-state index in [2.05, 4.69) is 43.1 Å². The highest BCUT2D eigenvalue weighted by atomic mass is 16.1. The van der Waals surface area contributed by atoms with Crippen LogP contribution in [0.3, 0.4) is 0 Å². The van der Waals surface area contributed by atoms with Gasteiger partial charge in [-0.15, -0.1) is 0 Å². The Balaban J connectivity index is 1.78. The van der Waals surface area contributed by atoms with Gasteiger partial charge in [0, 0.05) is 23.7 Å². The summed E-state index contributed by atoms with van der Waals surface area (Å²) in [6, 6.07) is 2.41. The topological polar surface area (TPSA) is 59.8 Å². The van der Waals surface area contributed by atoms with E-state index < -0.39 is 0 Å². The van der Waals surface area contributed by atoms with Crippen LogP contribution in [0.2, 0.25) is 0 Å². The van der Waals surface area contributed by atoms with Gasteiger partial charge in [-0.25, -0.2) is 9.67 Å². The van der Waals surface area contributed by atoms with Gasteiger partial charge in [0.05, 0.1) is 11.8 Å². The Labute approximate surface area is 137 Å². The molecule has 2 aromatic rings. The first-order valence-corrected chi connectivity index (χ1v) is 8.61. The largest absolute Gasteiger partial charge is 0.349 e. The fourth-order valence-electron chi connectivity index (χ4n) is 3.48. The molecule has 2 heterocycles. The van der Waals surface area contributed by atoms with Gasteiger partial charge < -0.3 is 5.32 Å². The maximum atomic E-state index is 12.6. The SMILES string of the molecule is CC1CCCC(NC(=O)c2cnc3c(cnn3C(C)C)c2)C1C. The van der Waals surface area contributed by atoms with E-state index in [1.54, 1.807) is 12.4 Å². The number of nitrogens with zero attached hydrogens (tertiary/aromatic N) is 3. The zero-order chi connectivity index (χ0) is 16.6. The van der Waals surface area contributed by atoms with Gasteiger partial charge in [0.15, 0.2) is 5.65 Å². The van der Waals surface area contributed by atoms with E-state index in [0.717, 1.165) is 17.5 Å². The maximum Gasteiger partial charge on any atom is 0.253 e. The summed E-state index contributed by atoms with van der Waals surface area (Å²) in [5.41, 5.74) is 1.45. The van der Waals surface area contributed by atoms with Crippen LogP contribution in [0.4, 0.5) is 0 Å². The Bertz CT molecular complexity index is 706. The summed E-state index contributed by atoms with van der Waals surface area (Å²) in [5.74, 6) is 1.16. The first-order chi connectivity index (χ1) is 11.0. The lowest BCUT2D eigenvalue weighted by atomic mass is 9.78. The fourth-order valence-corrected chi connectivity index (χ4v) is 3.48. The van der Waals surface area contributed by atoms with E-state index in [1.165, 1.54) is 12.8 Å². The molecule has 3 unspecified atom stereocenters. The standard InChI is InChI=1S/C18H26N4O/c1-11(2)22-17-14(10-20-22)8-15(9-19-17)18(23)21-16-7-5-6-12(3)13(16)4/h8-13,16H,5-7H2,1-4H3,(H,21,23). The molecule has 124 valence electrons. The molecule has 1 amide bonds. The van der Waals surface area contributed by atoms with Crippen LogP contribution in [0.25, 0.3) is 11.0 Å². The Morgan fingerprint density at radius 3 is 2.83 bits per heavy atom. The van der Waals surface area contributed by atoms with Crippen LogP contribution in [0.15, 0.2) is 18.5 Å². The zero-order valence-corrected chi connectivity index (χ0v) is 14.4. The van der Waals surface area contributed by atoms with Crippen LogP contribution in [0.5, 0.6) is 0 Å². The number of fused-ring (bicyclic) bond motifs is 1. The van der Waals surface area contributed by atoms with E-state index in [-0.39, 0.29) is 18.0 Å². The first-order valence-electron chi connectivity index (χ1n) is 8.61. The van der Waals surface area contributed by atoms with E-state index >= 15 is 0 Å². The molecule has 0 spiro atoms. The molecule has 1 N–H and O–H groups in total. The molecule has 0 bridgehead atoms. The summed E-state index contributed by atoms with van der Waals surface area (Å²) < 4.78 is 1.88. The summed E-state index contributed by atoms with van der Waals surface area (Å²) in [6.45, 7) is 8.65. The predicted octanol–water partition coefficient (Wildman–Crippen LogP) is 3.57. The van der Waals surface area contributed by atoms with Gasteiger partial charge in [-0.1, -0.05) is 26.7 Å². The van der Waals surface area contributed by atoms with E-state index in [0.29, 0.717) is 17.4 Å². The average molecular weight is 314 g/mol. The van der Waals surface area contributed by atoms with Crippen molar-refractivity contribution < 1.29 is 4.79 Å². The van der Waals surface area contributed by atoms with Gasteiger partial charge in [0.1, 0.15) is 0 Å². The lowest BCUT2D eigenvalue weighted by Crippen LogP contribution is -2.43. The second-order valence-corrected chi connectivity index (χ2v) is 7.17. The van der Waals surface area contributed by atoms with Crippen LogP contribution in [0, 0.1) is 11.8 Å². The van der Waals surface area contributed by atoms with Crippen LogP contribution < -0.4 is 5.32 Å². The lowest BCUT2D eigenvalue weighted by molar-refractivity contribution is 0.0891. The molecular weight excluding hydrogens is 288 g/mol. The highest BCUT2D eigenvalue weighted by Gasteiger charge is 2.28. The van der Waals surface area contributed by atoms with Crippen LogP contribution >= 0.6 is 0 Å².